The summed E-state index contributed by atoms with van der Waals surface area (Å²) in [6, 6.07) is 10.5. The maximum Gasteiger partial charge on any atom is 0.401 e. The second-order valence-electron chi connectivity index (χ2n) is 9.50. The number of hydrogen-bond acceptors (Lipinski definition) is 8. The highest BCUT2D eigenvalue weighted by atomic mass is 35.5. The Kier molecular flexibility index (Phi) is 8.22. The second kappa shape index (κ2) is 11.7. The Labute approximate surface area is 239 Å². The van der Waals surface area contributed by atoms with Gasteiger partial charge < -0.3 is 25.8 Å². The third-order valence-electron chi connectivity index (χ3n) is 6.60. The van der Waals surface area contributed by atoms with Gasteiger partial charge in [0.1, 0.15) is 11.4 Å². The van der Waals surface area contributed by atoms with Crippen LogP contribution in [0.15, 0.2) is 42.6 Å². The zero-order chi connectivity index (χ0) is 28.4. The molecular weight excluding hydrogens is 568 g/mol. The summed E-state index contributed by atoms with van der Waals surface area (Å²) in [5.41, 5.74) is 2.88. The molecule has 0 spiro atoms. The minimum atomic E-state index is -4.31. The number of aromatic nitrogens is 2. The van der Waals surface area contributed by atoms with Crippen LogP contribution in [-0.4, -0.2) is 68.5 Å². The molecule has 2 aliphatic rings. The Bertz CT molecular complexity index is 1380. The van der Waals surface area contributed by atoms with Crippen molar-refractivity contribution < 1.29 is 18.0 Å². The van der Waals surface area contributed by atoms with Crippen LogP contribution in [0.4, 0.5) is 42.0 Å². The number of para-hydroxylation sites is 1. The maximum absolute atomic E-state index is 13.3. The molecule has 3 N–H and O–H groups in total. The number of fused-ring (bicyclic) bond motifs is 1. The van der Waals surface area contributed by atoms with Crippen LogP contribution in [0.3, 0.4) is 0 Å². The largest absolute Gasteiger partial charge is 0.401 e. The normalized spacial score (nSPS) is 15.8. The highest BCUT2D eigenvalue weighted by Crippen LogP contribution is 2.37. The predicted molar refractivity (Wildman–Crippen MR) is 151 cm³/mol. The third kappa shape index (κ3) is 6.20. The van der Waals surface area contributed by atoms with Crippen LogP contribution < -0.4 is 30.7 Å². The van der Waals surface area contributed by atoms with Crippen LogP contribution in [-0.2, 0) is 6.54 Å². The second-order valence-corrected chi connectivity index (χ2v) is 10.3. The van der Waals surface area contributed by atoms with Crippen LogP contribution in [0.1, 0.15) is 15.9 Å². The lowest BCUT2D eigenvalue weighted by Crippen LogP contribution is -2.46. The molecule has 1 amide bonds. The van der Waals surface area contributed by atoms with E-state index >= 15 is 0 Å². The summed E-state index contributed by atoms with van der Waals surface area (Å²) >= 11 is 12.7. The highest BCUT2D eigenvalue weighted by molar-refractivity contribution is 6.40. The zero-order valence-corrected chi connectivity index (χ0v) is 23.0. The number of hydrogen-bond donors (Lipinski definition) is 3. The molecule has 0 aliphatic carbocycles. The molecule has 0 saturated carbocycles. The monoisotopic (exact) mass is 594 g/mol. The summed E-state index contributed by atoms with van der Waals surface area (Å²) < 4.78 is 38.4. The molecule has 1 aromatic heterocycles. The van der Waals surface area contributed by atoms with Crippen molar-refractivity contribution in [2.24, 2.45) is 0 Å². The first kappa shape index (κ1) is 28.2. The fourth-order valence-electron chi connectivity index (χ4n) is 4.77. The number of piperazine rings is 1. The fraction of sp³-hybridized carbons (Fsp3) is 0.346. The first-order chi connectivity index (χ1) is 19.1. The van der Waals surface area contributed by atoms with Gasteiger partial charge in [0, 0.05) is 57.3 Å². The highest BCUT2D eigenvalue weighted by Gasteiger charge is 2.33. The van der Waals surface area contributed by atoms with Crippen molar-refractivity contribution in [2.75, 3.05) is 66.5 Å². The lowest BCUT2D eigenvalue weighted by atomic mass is 10.1. The van der Waals surface area contributed by atoms with Gasteiger partial charge in [-0.25, -0.2) is 4.98 Å². The number of anilines is 5. The smallest absolute Gasteiger partial charge is 0.369 e. The molecule has 40 heavy (non-hydrogen) atoms. The first-order valence-corrected chi connectivity index (χ1v) is 13.3. The molecule has 0 atom stereocenters. The summed E-state index contributed by atoms with van der Waals surface area (Å²) in [6.07, 6.45) is -2.88. The Morgan fingerprint density at radius 1 is 1.10 bits per heavy atom. The zero-order valence-electron chi connectivity index (χ0n) is 21.5. The quantitative estimate of drug-likeness (QED) is 0.364. The minimum Gasteiger partial charge on any atom is -0.369 e. The number of nitrogens with zero attached hydrogens (tertiary/aromatic N) is 5. The molecule has 3 aromatic rings. The lowest BCUT2D eigenvalue weighted by molar-refractivity contribution is -0.125. The van der Waals surface area contributed by atoms with Crippen molar-refractivity contribution in [3.8, 4) is 0 Å². The van der Waals surface area contributed by atoms with Crippen LogP contribution in [0.5, 0.6) is 0 Å². The number of nitrogens with one attached hydrogen (secondary N) is 3. The van der Waals surface area contributed by atoms with Crippen LogP contribution in [0.2, 0.25) is 10.0 Å². The van der Waals surface area contributed by atoms with E-state index in [9.17, 15) is 18.0 Å². The number of carbonyl (C=O) groups is 1. The number of carbonyl (C=O) groups excluding carboxylic acids is 1. The van der Waals surface area contributed by atoms with Crippen molar-refractivity contribution in [3.63, 3.8) is 0 Å². The minimum absolute atomic E-state index is 0.0387. The van der Waals surface area contributed by atoms with E-state index in [1.54, 1.807) is 36.2 Å². The van der Waals surface area contributed by atoms with Crippen molar-refractivity contribution in [2.45, 2.75) is 12.7 Å². The van der Waals surface area contributed by atoms with Crippen LogP contribution in [0.25, 0.3) is 0 Å². The number of halogens is 5. The van der Waals surface area contributed by atoms with Gasteiger partial charge in [-0.2, -0.15) is 18.2 Å². The van der Waals surface area contributed by atoms with Gasteiger partial charge >= 0.3 is 6.18 Å². The molecule has 1 saturated heterocycles. The molecule has 14 heteroatoms. The van der Waals surface area contributed by atoms with E-state index in [0.29, 0.717) is 32.8 Å². The summed E-state index contributed by atoms with van der Waals surface area (Å²) in [4.78, 5) is 27.6. The summed E-state index contributed by atoms with van der Waals surface area (Å²) in [6.45, 7) is 2.22. The topological polar surface area (TPSA) is 88.7 Å². The third-order valence-corrected chi connectivity index (χ3v) is 7.21. The van der Waals surface area contributed by atoms with Gasteiger partial charge in [0.15, 0.2) is 0 Å². The van der Waals surface area contributed by atoms with Crippen LogP contribution >= 0.6 is 23.2 Å². The predicted octanol–water partition coefficient (Wildman–Crippen LogP) is 4.64. The van der Waals surface area contributed by atoms with E-state index in [1.807, 2.05) is 12.1 Å². The Hall–Kier alpha value is -3.32. The number of rotatable bonds is 7. The van der Waals surface area contributed by atoms with Gasteiger partial charge in [-0.3, -0.25) is 9.69 Å². The number of benzene rings is 2. The molecule has 9 nitrogen and oxygen atoms in total. The van der Waals surface area contributed by atoms with Gasteiger partial charge in [0.05, 0.1) is 28.9 Å². The van der Waals surface area contributed by atoms with Crippen molar-refractivity contribution >= 4 is 57.9 Å². The molecule has 1 fully saturated rings. The Morgan fingerprint density at radius 3 is 2.52 bits per heavy atom. The standard InChI is InChI=1S/C26H27Cl2F3N8O/c1-37-15-39(22-19(27)3-2-4-20(22)28)24(40)18-13-34-25(36-23(18)37)35-17-5-6-21(38-9-7-32-8-10-38)16(11-17)12-33-14-26(29,30)31/h2-6,11,13,32-33H,7-10,12,14-15H2,1H3,(H,34,35,36). The van der Waals surface area contributed by atoms with E-state index in [2.05, 4.69) is 30.8 Å². The van der Waals surface area contributed by atoms with Gasteiger partial charge in [-0.1, -0.05) is 29.3 Å². The maximum atomic E-state index is 13.3. The molecule has 3 heterocycles. The van der Waals surface area contributed by atoms with Gasteiger partial charge in [0.2, 0.25) is 5.95 Å². The van der Waals surface area contributed by atoms with Crippen LogP contribution in [0, 0.1) is 0 Å². The molecule has 212 valence electrons. The molecule has 0 radical (unpaired) electrons. The Balaban J connectivity index is 1.38. The van der Waals surface area contributed by atoms with E-state index in [4.69, 9.17) is 23.2 Å². The number of alkyl halides is 3. The summed E-state index contributed by atoms with van der Waals surface area (Å²) in [5.74, 6) is 0.325. The Morgan fingerprint density at radius 2 is 1.82 bits per heavy atom. The summed E-state index contributed by atoms with van der Waals surface area (Å²) in [5, 5.41) is 9.60. The average Bonchev–Trinajstić information content (AvgIpc) is 2.91. The first-order valence-electron chi connectivity index (χ1n) is 12.6. The molecule has 2 aromatic carbocycles. The van der Waals surface area contributed by atoms with Crippen molar-refractivity contribution in [3.05, 3.63) is 63.8 Å². The van der Waals surface area contributed by atoms with E-state index in [1.165, 1.54) is 11.1 Å². The lowest BCUT2D eigenvalue weighted by Gasteiger charge is -2.35. The van der Waals surface area contributed by atoms with Gasteiger partial charge in [-0.05, 0) is 35.9 Å². The van der Waals surface area contributed by atoms with E-state index < -0.39 is 12.7 Å². The van der Waals surface area contributed by atoms with E-state index in [0.717, 1.165) is 31.9 Å². The average molecular weight is 595 g/mol. The van der Waals surface area contributed by atoms with Crippen molar-refractivity contribution in [1.29, 1.82) is 0 Å². The van der Waals surface area contributed by atoms with Crippen molar-refractivity contribution in [1.82, 2.24) is 20.6 Å². The number of amides is 1. The SMILES string of the molecule is CN1CN(c2c(Cl)cccc2Cl)C(=O)c2cnc(Nc3ccc(N4CCNCC4)c(CNCC(F)(F)F)c3)nc21. The van der Waals surface area contributed by atoms with E-state index in [-0.39, 0.29) is 30.6 Å². The van der Waals surface area contributed by atoms with Gasteiger partial charge in [0.25, 0.3) is 5.91 Å². The molecule has 0 bridgehead atoms. The molecule has 2 aliphatic heterocycles. The van der Waals surface area contributed by atoms with Gasteiger partial charge in [-0.15, -0.1) is 0 Å². The molecule has 5 rings (SSSR count). The fourth-order valence-corrected chi connectivity index (χ4v) is 5.37. The molecule has 0 unspecified atom stereocenters. The summed E-state index contributed by atoms with van der Waals surface area (Å²) in [7, 11) is 1.78. The molecular formula is C26H27Cl2F3N8O.